The van der Waals surface area contributed by atoms with E-state index in [0.717, 1.165) is 0 Å². The number of halogens is 1. The summed E-state index contributed by atoms with van der Waals surface area (Å²) in [4.78, 5) is 21.3. The first-order valence-electron chi connectivity index (χ1n) is 7.19. The van der Waals surface area contributed by atoms with Crippen LogP contribution in [0.3, 0.4) is 0 Å². The molecule has 3 aromatic heterocycles. The molecular weight excluding hydrogens is 330 g/mol. The molecule has 24 heavy (non-hydrogen) atoms. The summed E-state index contributed by atoms with van der Waals surface area (Å²) in [5, 5.41) is 5.26. The lowest BCUT2D eigenvalue weighted by Gasteiger charge is -2.09. The average molecular weight is 342 g/mol. The fourth-order valence-corrected chi connectivity index (χ4v) is 2.81. The zero-order chi connectivity index (χ0) is 16.7. The molecule has 0 atom stereocenters. The Hall–Kier alpha value is -2.77. The van der Waals surface area contributed by atoms with Crippen molar-refractivity contribution < 1.29 is 4.74 Å². The molecule has 0 aliphatic rings. The van der Waals surface area contributed by atoms with Crippen LogP contribution in [0.4, 0.5) is 0 Å². The van der Waals surface area contributed by atoms with Gasteiger partial charge >= 0.3 is 0 Å². The predicted molar refractivity (Wildman–Crippen MR) is 89.6 cm³/mol. The Kier molecular flexibility index (Phi) is 3.51. The van der Waals surface area contributed by atoms with Gasteiger partial charge in [0.15, 0.2) is 5.82 Å². The fraction of sp³-hybridized carbons (Fsp3) is 0.125. The highest BCUT2D eigenvalue weighted by Crippen LogP contribution is 2.19. The number of hydrogen-bond acceptors (Lipinski definition) is 5. The summed E-state index contributed by atoms with van der Waals surface area (Å²) in [5.74, 6) is 0.928. The molecule has 7 nitrogen and oxygen atoms in total. The SMILES string of the molecule is COCc1nc2ncc3c(=O)n(-c4ccccc4Cl)ccc3n2n1. The van der Waals surface area contributed by atoms with E-state index in [2.05, 4.69) is 15.1 Å². The van der Waals surface area contributed by atoms with Crippen LogP contribution in [0.25, 0.3) is 22.4 Å². The minimum absolute atomic E-state index is 0.223. The van der Waals surface area contributed by atoms with Gasteiger partial charge in [-0.2, -0.15) is 9.50 Å². The van der Waals surface area contributed by atoms with Crippen LogP contribution in [-0.4, -0.2) is 31.3 Å². The van der Waals surface area contributed by atoms with Gasteiger partial charge in [-0.3, -0.25) is 9.36 Å². The Labute approximate surface area is 141 Å². The maximum absolute atomic E-state index is 12.8. The molecule has 0 amide bonds. The highest BCUT2D eigenvalue weighted by molar-refractivity contribution is 6.32. The van der Waals surface area contributed by atoms with Gasteiger partial charge in [-0.15, -0.1) is 5.10 Å². The number of benzene rings is 1. The lowest BCUT2D eigenvalue weighted by atomic mass is 10.2. The molecule has 0 unspecified atom stereocenters. The van der Waals surface area contributed by atoms with E-state index in [9.17, 15) is 4.79 Å². The highest BCUT2D eigenvalue weighted by Gasteiger charge is 2.12. The van der Waals surface area contributed by atoms with Gasteiger partial charge in [0.25, 0.3) is 11.3 Å². The maximum Gasteiger partial charge on any atom is 0.266 e. The normalized spacial score (nSPS) is 11.4. The van der Waals surface area contributed by atoms with Crippen molar-refractivity contribution in [2.75, 3.05) is 7.11 Å². The van der Waals surface area contributed by atoms with E-state index in [4.69, 9.17) is 16.3 Å². The summed E-state index contributed by atoms with van der Waals surface area (Å²) in [6, 6.07) is 8.96. The van der Waals surface area contributed by atoms with Crippen LogP contribution < -0.4 is 5.56 Å². The molecule has 0 N–H and O–H groups in total. The molecule has 8 heteroatoms. The molecule has 0 fully saturated rings. The van der Waals surface area contributed by atoms with E-state index in [0.29, 0.717) is 33.2 Å². The Morgan fingerprint density at radius 1 is 1.25 bits per heavy atom. The van der Waals surface area contributed by atoms with Crippen molar-refractivity contribution in [3.8, 4) is 5.69 Å². The van der Waals surface area contributed by atoms with E-state index >= 15 is 0 Å². The molecule has 0 spiro atoms. The Balaban J connectivity index is 1.99. The van der Waals surface area contributed by atoms with E-state index in [1.54, 1.807) is 36.0 Å². The lowest BCUT2D eigenvalue weighted by Crippen LogP contribution is -2.19. The summed E-state index contributed by atoms with van der Waals surface area (Å²) in [7, 11) is 1.57. The molecule has 0 saturated heterocycles. The second kappa shape index (κ2) is 5.70. The zero-order valence-electron chi connectivity index (χ0n) is 12.7. The van der Waals surface area contributed by atoms with Crippen molar-refractivity contribution >= 4 is 28.3 Å². The number of nitrogens with zero attached hydrogens (tertiary/aromatic N) is 5. The highest BCUT2D eigenvalue weighted by atomic mass is 35.5. The largest absolute Gasteiger partial charge is 0.377 e. The van der Waals surface area contributed by atoms with Crippen molar-refractivity contribution in [3.05, 3.63) is 63.9 Å². The molecule has 0 bridgehead atoms. The molecule has 0 aliphatic carbocycles. The van der Waals surface area contributed by atoms with Crippen LogP contribution in [-0.2, 0) is 11.3 Å². The molecule has 1 aromatic carbocycles. The van der Waals surface area contributed by atoms with Crippen LogP contribution in [0.15, 0.2) is 47.5 Å². The standard InChI is InChI=1S/C16H12ClN5O2/c1-24-9-14-19-16-18-8-10-12(22(16)20-14)6-7-21(15(10)23)13-5-3-2-4-11(13)17/h2-8H,9H2,1H3. The van der Waals surface area contributed by atoms with Crippen molar-refractivity contribution in [2.45, 2.75) is 6.61 Å². The zero-order valence-corrected chi connectivity index (χ0v) is 13.4. The second-order valence-corrected chi connectivity index (χ2v) is 5.58. The number of ether oxygens (including phenoxy) is 1. The summed E-state index contributed by atoms with van der Waals surface area (Å²) in [6.07, 6.45) is 3.18. The topological polar surface area (TPSA) is 74.3 Å². The summed E-state index contributed by atoms with van der Waals surface area (Å²) < 4.78 is 8.07. The number of hydrogen-bond donors (Lipinski definition) is 0. The molecule has 120 valence electrons. The van der Waals surface area contributed by atoms with Crippen molar-refractivity contribution in [1.82, 2.24) is 24.1 Å². The lowest BCUT2D eigenvalue weighted by molar-refractivity contribution is 0.178. The third kappa shape index (κ3) is 2.26. The van der Waals surface area contributed by atoms with E-state index in [1.165, 1.54) is 10.8 Å². The van der Waals surface area contributed by atoms with E-state index in [1.807, 2.05) is 12.1 Å². The number of rotatable bonds is 3. The average Bonchev–Trinajstić information content (AvgIpc) is 2.99. The van der Waals surface area contributed by atoms with Gasteiger partial charge in [-0.1, -0.05) is 23.7 Å². The van der Waals surface area contributed by atoms with Gasteiger partial charge in [0.05, 0.1) is 21.6 Å². The number of fused-ring (bicyclic) bond motifs is 3. The smallest absolute Gasteiger partial charge is 0.266 e. The summed E-state index contributed by atoms with van der Waals surface area (Å²) in [5.41, 5.74) is 1.02. The van der Waals surface area contributed by atoms with Gasteiger partial charge in [-0.25, -0.2) is 4.98 Å². The van der Waals surface area contributed by atoms with Gasteiger partial charge < -0.3 is 4.74 Å². The first kappa shape index (κ1) is 14.8. The molecule has 0 radical (unpaired) electrons. The van der Waals surface area contributed by atoms with Crippen molar-refractivity contribution in [1.29, 1.82) is 0 Å². The van der Waals surface area contributed by atoms with Crippen LogP contribution >= 0.6 is 11.6 Å². The molecule has 0 aliphatic heterocycles. The number of para-hydroxylation sites is 1. The van der Waals surface area contributed by atoms with Gasteiger partial charge in [-0.05, 0) is 18.2 Å². The number of pyridine rings is 1. The van der Waals surface area contributed by atoms with E-state index < -0.39 is 0 Å². The van der Waals surface area contributed by atoms with Crippen molar-refractivity contribution in [3.63, 3.8) is 0 Å². The van der Waals surface area contributed by atoms with Crippen molar-refractivity contribution in [2.24, 2.45) is 0 Å². The Bertz CT molecular complexity index is 1120. The maximum atomic E-state index is 12.8. The summed E-state index contributed by atoms with van der Waals surface area (Å²) in [6.45, 7) is 0.279. The number of aromatic nitrogens is 5. The van der Waals surface area contributed by atoms with Gasteiger partial charge in [0, 0.05) is 19.5 Å². The van der Waals surface area contributed by atoms with Crippen LogP contribution in [0, 0.1) is 0 Å². The number of methoxy groups -OCH3 is 1. The fourth-order valence-electron chi connectivity index (χ4n) is 2.59. The Morgan fingerprint density at radius 2 is 2.08 bits per heavy atom. The first-order chi connectivity index (χ1) is 11.7. The minimum Gasteiger partial charge on any atom is -0.377 e. The molecule has 0 saturated carbocycles. The first-order valence-corrected chi connectivity index (χ1v) is 7.56. The van der Waals surface area contributed by atoms with Crippen LogP contribution in [0.2, 0.25) is 5.02 Å². The molecule has 4 aromatic rings. The predicted octanol–water partition coefficient (Wildman–Crippen LogP) is 2.23. The van der Waals surface area contributed by atoms with Crippen LogP contribution in [0.5, 0.6) is 0 Å². The van der Waals surface area contributed by atoms with Gasteiger partial charge in [0.2, 0.25) is 0 Å². The van der Waals surface area contributed by atoms with E-state index in [-0.39, 0.29) is 12.2 Å². The molecule has 3 heterocycles. The quantitative estimate of drug-likeness (QED) is 0.571. The monoisotopic (exact) mass is 341 g/mol. The Morgan fingerprint density at radius 3 is 2.88 bits per heavy atom. The molecule has 4 rings (SSSR count). The third-order valence-corrected chi connectivity index (χ3v) is 3.98. The minimum atomic E-state index is -0.223. The second-order valence-electron chi connectivity index (χ2n) is 5.17. The third-order valence-electron chi connectivity index (χ3n) is 3.66. The summed E-state index contributed by atoms with van der Waals surface area (Å²) >= 11 is 6.20. The van der Waals surface area contributed by atoms with Gasteiger partial charge in [0.1, 0.15) is 6.61 Å². The molecular formula is C16H12ClN5O2. The van der Waals surface area contributed by atoms with Crippen LogP contribution in [0.1, 0.15) is 5.82 Å².